The van der Waals surface area contributed by atoms with Gasteiger partial charge >= 0.3 is 0 Å². The summed E-state index contributed by atoms with van der Waals surface area (Å²) in [5.41, 5.74) is 0.122. The second kappa shape index (κ2) is 6.82. The number of aromatic amines is 1. The number of aromatic nitrogens is 2. The first-order valence-corrected chi connectivity index (χ1v) is 7.73. The van der Waals surface area contributed by atoms with E-state index in [4.69, 9.17) is 9.88 Å². The first-order chi connectivity index (χ1) is 9.31. The first kappa shape index (κ1) is 16.6. The fraction of sp³-hybridized carbons (Fsp3) is 0.636. The van der Waals surface area contributed by atoms with E-state index in [0.717, 1.165) is 0 Å². The molecule has 1 aromatic rings. The van der Waals surface area contributed by atoms with Crippen LogP contribution in [-0.2, 0) is 21.2 Å². The third kappa shape index (κ3) is 4.02. The van der Waals surface area contributed by atoms with Crippen LogP contribution in [0.5, 0.6) is 0 Å². The molecule has 1 unspecified atom stereocenters. The fourth-order valence-corrected chi connectivity index (χ4v) is 2.70. The molecule has 0 aliphatic rings. The number of nitrogens with zero attached hydrogens (tertiary/aromatic N) is 1. The summed E-state index contributed by atoms with van der Waals surface area (Å²) in [6, 6.07) is 0. The minimum atomic E-state index is -4.01. The van der Waals surface area contributed by atoms with E-state index in [1.54, 1.807) is 14.0 Å². The Bertz CT molecular complexity index is 567. The molecule has 0 saturated carbocycles. The third-order valence-corrected chi connectivity index (χ3v) is 3.72. The van der Waals surface area contributed by atoms with Crippen LogP contribution in [0.4, 0.5) is 0 Å². The second-order valence-electron chi connectivity index (χ2n) is 4.55. The van der Waals surface area contributed by atoms with Crippen molar-refractivity contribution < 1.29 is 17.9 Å². The van der Waals surface area contributed by atoms with Crippen LogP contribution in [0.15, 0.2) is 4.90 Å². The number of rotatable bonds is 7. The first-order valence-electron chi connectivity index (χ1n) is 6.18. The summed E-state index contributed by atoms with van der Waals surface area (Å²) in [6.45, 7) is 4.48. The maximum Gasteiger partial charge on any atom is 0.273 e. The van der Waals surface area contributed by atoms with Gasteiger partial charge in [0.2, 0.25) is 10.0 Å². The van der Waals surface area contributed by atoms with Gasteiger partial charge in [0.05, 0.1) is 12.3 Å². The van der Waals surface area contributed by atoms with Gasteiger partial charge in [-0.1, -0.05) is 13.8 Å². The Morgan fingerprint density at radius 1 is 1.55 bits per heavy atom. The summed E-state index contributed by atoms with van der Waals surface area (Å²) in [4.78, 5) is 11.8. The molecule has 0 aromatic carbocycles. The standard InChI is InChI=1S/C11H20N4O4S/c1-4-8-10(20(12,17)18)9(15-14-8)11(16)13-5-7(2)6-19-3/h7H,4-6H2,1-3H3,(H,13,16)(H,14,15)(H2,12,17,18). The molecule has 1 atom stereocenters. The highest BCUT2D eigenvalue weighted by Crippen LogP contribution is 2.17. The van der Waals surface area contributed by atoms with E-state index in [9.17, 15) is 13.2 Å². The van der Waals surface area contributed by atoms with Crippen LogP contribution in [-0.4, -0.2) is 44.8 Å². The maximum absolute atomic E-state index is 12.0. The van der Waals surface area contributed by atoms with E-state index in [-0.39, 0.29) is 16.5 Å². The number of nitrogens with two attached hydrogens (primary N) is 1. The summed E-state index contributed by atoms with van der Waals surface area (Å²) in [7, 11) is -2.44. The minimum absolute atomic E-state index is 0.103. The summed E-state index contributed by atoms with van der Waals surface area (Å²) in [5, 5.41) is 14.0. The lowest BCUT2D eigenvalue weighted by atomic mass is 10.2. The van der Waals surface area contributed by atoms with Crippen LogP contribution >= 0.6 is 0 Å². The number of sulfonamides is 1. The molecular formula is C11H20N4O4S. The summed E-state index contributed by atoms with van der Waals surface area (Å²) < 4.78 is 28.1. The predicted octanol–water partition coefficient (Wildman–Crippen LogP) is -0.368. The van der Waals surface area contributed by atoms with Crippen LogP contribution in [0, 0.1) is 5.92 Å². The zero-order chi connectivity index (χ0) is 15.3. The Morgan fingerprint density at radius 2 is 2.20 bits per heavy atom. The number of aryl methyl sites for hydroxylation is 1. The van der Waals surface area contributed by atoms with Gasteiger partial charge in [-0.3, -0.25) is 9.89 Å². The molecule has 0 saturated heterocycles. The topological polar surface area (TPSA) is 127 Å². The van der Waals surface area contributed by atoms with Crippen molar-refractivity contribution in [1.82, 2.24) is 15.5 Å². The zero-order valence-electron chi connectivity index (χ0n) is 11.8. The highest BCUT2D eigenvalue weighted by molar-refractivity contribution is 7.89. The van der Waals surface area contributed by atoms with Crippen LogP contribution in [0.1, 0.15) is 30.0 Å². The van der Waals surface area contributed by atoms with Crippen LogP contribution in [0.3, 0.4) is 0 Å². The van der Waals surface area contributed by atoms with Crippen molar-refractivity contribution in [3.63, 3.8) is 0 Å². The molecule has 9 heteroatoms. The van der Waals surface area contributed by atoms with Gasteiger partial charge in [-0.25, -0.2) is 13.6 Å². The van der Waals surface area contributed by atoms with Gasteiger partial charge in [0.15, 0.2) is 5.69 Å². The summed E-state index contributed by atoms with van der Waals surface area (Å²) in [6.07, 6.45) is 0.381. The highest BCUT2D eigenvalue weighted by Gasteiger charge is 2.26. The van der Waals surface area contributed by atoms with Gasteiger partial charge in [0.25, 0.3) is 5.91 Å². The lowest BCUT2D eigenvalue weighted by Gasteiger charge is -2.11. The van der Waals surface area contributed by atoms with Crippen molar-refractivity contribution >= 4 is 15.9 Å². The van der Waals surface area contributed by atoms with E-state index < -0.39 is 15.9 Å². The number of hydrogen-bond donors (Lipinski definition) is 3. The Balaban J connectivity index is 2.92. The highest BCUT2D eigenvalue weighted by atomic mass is 32.2. The number of methoxy groups -OCH3 is 1. The SMILES string of the molecule is CCc1[nH]nc(C(=O)NCC(C)COC)c1S(N)(=O)=O. The van der Waals surface area contributed by atoms with Crippen LogP contribution < -0.4 is 10.5 Å². The van der Waals surface area contributed by atoms with Gasteiger partial charge in [-0.15, -0.1) is 0 Å². The monoisotopic (exact) mass is 304 g/mol. The molecule has 8 nitrogen and oxygen atoms in total. The number of carbonyl (C=O) groups excluding carboxylic acids is 1. The average Bonchev–Trinajstić information content (AvgIpc) is 2.80. The molecule has 114 valence electrons. The normalized spacial score (nSPS) is 13.2. The molecule has 20 heavy (non-hydrogen) atoms. The van der Waals surface area contributed by atoms with E-state index >= 15 is 0 Å². The Kier molecular flexibility index (Phi) is 5.66. The van der Waals surface area contributed by atoms with Crippen molar-refractivity contribution in [3.8, 4) is 0 Å². The fourth-order valence-electron chi connectivity index (χ4n) is 1.76. The van der Waals surface area contributed by atoms with Crippen LogP contribution in [0.2, 0.25) is 0 Å². The molecule has 0 fully saturated rings. The molecule has 4 N–H and O–H groups in total. The van der Waals surface area contributed by atoms with Crippen molar-refractivity contribution in [1.29, 1.82) is 0 Å². The smallest absolute Gasteiger partial charge is 0.273 e. The van der Waals surface area contributed by atoms with Gasteiger partial charge < -0.3 is 10.1 Å². The average molecular weight is 304 g/mol. The zero-order valence-corrected chi connectivity index (χ0v) is 12.6. The van der Waals surface area contributed by atoms with Gasteiger partial charge in [0.1, 0.15) is 4.90 Å². The lowest BCUT2D eigenvalue weighted by molar-refractivity contribution is 0.0926. The number of amides is 1. The Hall–Kier alpha value is -1.45. The number of carbonyl (C=O) groups is 1. The summed E-state index contributed by atoms with van der Waals surface area (Å²) >= 11 is 0. The third-order valence-electron chi connectivity index (χ3n) is 2.71. The van der Waals surface area contributed by atoms with E-state index in [2.05, 4.69) is 15.5 Å². The Labute approximate surface area is 118 Å². The molecule has 1 aromatic heterocycles. The molecule has 1 heterocycles. The van der Waals surface area contributed by atoms with Gasteiger partial charge in [-0.2, -0.15) is 5.10 Å². The van der Waals surface area contributed by atoms with Gasteiger partial charge in [0, 0.05) is 13.7 Å². The molecular weight excluding hydrogens is 284 g/mol. The Morgan fingerprint density at radius 3 is 2.70 bits per heavy atom. The number of primary sulfonamides is 1. The van der Waals surface area contributed by atoms with Crippen molar-refractivity contribution in [2.24, 2.45) is 11.1 Å². The molecule has 0 aliphatic carbocycles. The molecule has 0 spiro atoms. The molecule has 0 aliphatic heterocycles. The van der Waals surface area contributed by atoms with Crippen molar-refractivity contribution in [3.05, 3.63) is 11.4 Å². The number of H-pyrrole nitrogens is 1. The quantitative estimate of drug-likeness (QED) is 0.633. The van der Waals surface area contributed by atoms with Crippen molar-refractivity contribution in [2.75, 3.05) is 20.3 Å². The second-order valence-corrected chi connectivity index (χ2v) is 6.05. The number of hydrogen-bond acceptors (Lipinski definition) is 5. The van der Waals surface area contributed by atoms with Gasteiger partial charge in [-0.05, 0) is 12.3 Å². The van der Waals surface area contributed by atoms with E-state index in [1.165, 1.54) is 0 Å². The molecule has 0 bridgehead atoms. The maximum atomic E-state index is 12.0. The molecule has 1 rings (SSSR count). The molecule has 1 amide bonds. The number of nitrogens with one attached hydrogen (secondary N) is 2. The predicted molar refractivity (Wildman–Crippen MR) is 72.7 cm³/mol. The largest absolute Gasteiger partial charge is 0.384 e. The van der Waals surface area contributed by atoms with Crippen LogP contribution in [0.25, 0.3) is 0 Å². The number of ether oxygens (including phenoxy) is 1. The molecule has 0 radical (unpaired) electrons. The van der Waals surface area contributed by atoms with Crippen molar-refractivity contribution in [2.45, 2.75) is 25.2 Å². The van der Waals surface area contributed by atoms with E-state index in [1.807, 2.05) is 6.92 Å². The minimum Gasteiger partial charge on any atom is -0.384 e. The summed E-state index contributed by atoms with van der Waals surface area (Å²) in [5.74, 6) is -0.473. The lowest BCUT2D eigenvalue weighted by Crippen LogP contribution is -2.31. The van der Waals surface area contributed by atoms with E-state index in [0.29, 0.717) is 25.3 Å².